The smallest absolute Gasteiger partial charge is 0.221 e. The van der Waals surface area contributed by atoms with Crippen molar-refractivity contribution in [2.75, 3.05) is 6.54 Å². The van der Waals surface area contributed by atoms with Crippen molar-refractivity contribution < 1.29 is 9.18 Å². The number of carbonyl (C=O) groups is 1. The van der Waals surface area contributed by atoms with Gasteiger partial charge in [-0.05, 0) is 35.4 Å². The van der Waals surface area contributed by atoms with Gasteiger partial charge < -0.3 is 5.32 Å². The molecule has 0 aliphatic rings. The van der Waals surface area contributed by atoms with Gasteiger partial charge in [0.05, 0.1) is 6.54 Å². The summed E-state index contributed by atoms with van der Waals surface area (Å²) in [4.78, 5) is 12.4. The predicted octanol–water partition coefficient (Wildman–Crippen LogP) is 4.52. The summed E-state index contributed by atoms with van der Waals surface area (Å²) in [6.07, 6.45) is 0.353. The maximum atomic E-state index is 12.9. The van der Waals surface area contributed by atoms with Crippen molar-refractivity contribution in [2.45, 2.75) is 12.3 Å². The lowest BCUT2D eigenvalue weighted by molar-refractivity contribution is -0.121. The zero-order valence-electron chi connectivity index (χ0n) is 14.9. The van der Waals surface area contributed by atoms with Gasteiger partial charge in [-0.15, -0.1) is 0 Å². The van der Waals surface area contributed by atoms with Crippen molar-refractivity contribution in [3.63, 3.8) is 0 Å². The molecule has 0 aliphatic heterocycles. The number of amides is 1. The number of carbonyl (C=O) groups excluding carboxylic acids is 1. The van der Waals surface area contributed by atoms with Gasteiger partial charge in [0.1, 0.15) is 5.82 Å². The molecule has 0 saturated carbocycles. The van der Waals surface area contributed by atoms with Crippen molar-refractivity contribution >= 4 is 5.91 Å². The molecular weight excluding hydrogens is 337 g/mol. The molecule has 2 nitrogen and oxygen atoms in total. The van der Waals surface area contributed by atoms with Crippen LogP contribution in [0.25, 0.3) is 0 Å². The molecule has 0 atom stereocenters. The maximum Gasteiger partial charge on any atom is 0.221 e. The van der Waals surface area contributed by atoms with E-state index in [1.807, 2.05) is 60.7 Å². The highest BCUT2D eigenvalue weighted by Gasteiger charge is 2.17. The van der Waals surface area contributed by atoms with E-state index >= 15 is 0 Å². The van der Waals surface area contributed by atoms with E-state index in [4.69, 9.17) is 0 Å². The second-order valence-electron chi connectivity index (χ2n) is 6.16. The SMILES string of the molecule is O=C(CC(c1ccccc1)c1ccccc1)NCC#Cc1ccc(F)cc1. The largest absolute Gasteiger partial charge is 0.345 e. The third kappa shape index (κ3) is 5.55. The first-order valence-electron chi connectivity index (χ1n) is 8.83. The molecule has 0 unspecified atom stereocenters. The van der Waals surface area contributed by atoms with Crippen LogP contribution in [-0.4, -0.2) is 12.5 Å². The van der Waals surface area contributed by atoms with Crippen LogP contribution in [0.2, 0.25) is 0 Å². The van der Waals surface area contributed by atoms with E-state index in [1.165, 1.54) is 12.1 Å². The van der Waals surface area contributed by atoms with Crippen LogP contribution >= 0.6 is 0 Å². The van der Waals surface area contributed by atoms with Crippen molar-refractivity contribution in [3.05, 3.63) is 107 Å². The Morgan fingerprint density at radius 2 is 1.41 bits per heavy atom. The third-order valence-electron chi connectivity index (χ3n) is 4.24. The van der Waals surface area contributed by atoms with Gasteiger partial charge in [-0.1, -0.05) is 72.5 Å². The van der Waals surface area contributed by atoms with Gasteiger partial charge in [-0.25, -0.2) is 4.39 Å². The van der Waals surface area contributed by atoms with Gasteiger partial charge in [0, 0.05) is 17.9 Å². The summed E-state index contributed by atoms with van der Waals surface area (Å²) in [7, 11) is 0. The number of hydrogen-bond acceptors (Lipinski definition) is 1. The lowest BCUT2D eigenvalue weighted by atomic mass is 9.88. The highest BCUT2D eigenvalue weighted by atomic mass is 19.1. The molecule has 3 aromatic rings. The average Bonchev–Trinajstić information content (AvgIpc) is 2.72. The lowest BCUT2D eigenvalue weighted by Gasteiger charge is -2.17. The molecule has 0 bridgehead atoms. The van der Waals surface area contributed by atoms with Crippen molar-refractivity contribution in [1.82, 2.24) is 5.32 Å². The Morgan fingerprint density at radius 3 is 1.96 bits per heavy atom. The van der Waals surface area contributed by atoms with Gasteiger partial charge in [-0.2, -0.15) is 0 Å². The number of halogens is 1. The van der Waals surface area contributed by atoms with Crippen LogP contribution in [-0.2, 0) is 4.79 Å². The Kier molecular flexibility index (Phi) is 6.38. The van der Waals surface area contributed by atoms with Crippen LogP contribution in [0.3, 0.4) is 0 Å². The number of nitrogens with one attached hydrogen (secondary N) is 1. The molecule has 0 radical (unpaired) electrons. The molecule has 3 heteroatoms. The van der Waals surface area contributed by atoms with Gasteiger partial charge in [0.2, 0.25) is 5.91 Å². The van der Waals surface area contributed by atoms with E-state index in [1.54, 1.807) is 12.1 Å². The molecule has 3 rings (SSSR count). The summed E-state index contributed by atoms with van der Waals surface area (Å²) >= 11 is 0. The Labute approximate surface area is 159 Å². The van der Waals surface area contributed by atoms with Crippen LogP contribution < -0.4 is 5.32 Å². The fraction of sp³-hybridized carbons (Fsp3) is 0.125. The first kappa shape index (κ1) is 18.4. The van der Waals surface area contributed by atoms with E-state index in [-0.39, 0.29) is 24.2 Å². The van der Waals surface area contributed by atoms with Gasteiger partial charge in [0.25, 0.3) is 0 Å². The summed E-state index contributed by atoms with van der Waals surface area (Å²) < 4.78 is 12.9. The monoisotopic (exact) mass is 357 g/mol. The molecule has 3 aromatic carbocycles. The first-order chi connectivity index (χ1) is 13.2. The fourth-order valence-corrected chi connectivity index (χ4v) is 2.88. The quantitative estimate of drug-likeness (QED) is 0.669. The molecule has 0 heterocycles. The van der Waals surface area contributed by atoms with Crippen molar-refractivity contribution in [3.8, 4) is 11.8 Å². The number of hydrogen-bond donors (Lipinski definition) is 1. The summed E-state index contributed by atoms with van der Waals surface area (Å²) in [5.41, 5.74) is 2.93. The predicted molar refractivity (Wildman–Crippen MR) is 106 cm³/mol. The van der Waals surface area contributed by atoms with Crippen molar-refractivity contribution in [2.24, 2.45) is 0 Å². The summed E-state index contributed by atoms with van der Waals surface area (Å²) in [6.45, 7) is 0.256. The van der Waals surface area contributed by atoms with Gasteiger partial charge >= 0.3 is 0 Å². The zero-order chi connectivity index (χ0) is 18.9. The average molecular weight is 357 g/mol. The molecule has 0 aliphatic carbocycles. The highest BCUT2D eigenvalue weighted by molar-refractivity contribution is 5.77. The summed E-state index contributed by atoms with van der Waals surface area (Å²) in [5, 5.41) is 2.85. The Morgan fingerprint density at radius 1 is 0.852 bits per heavy atom. The third-order valence-corrected chi connectivity index (χ3v) is 4.24. The molecule has 0 saturated heterocycles. The first-order valence-corrected chi connectivity index (χ1v) is 8.83. The molecule has 0 aromatic heterocycles. The fourth-order valence-electron chi connectivity index (χ4n) is 2.88. The minimum atomic E-state index is -0.290. The minimum absolute atomic E-state index is 0.00235. The molecule has 1 N–H and O–H groups in total. The van der Waals surface area contributed by atoms with E-state index in [9.17, 15) is 9.18 Å². The number of rotatable bonds is 5. The maximum absolute atomic E-state index is 12.9. The number of benzene rings is 3. The Hall–Kier alpha value is -3.38. The van der Waals surface area contributed by atoms with Gasteiger partial charge in [0.15, 0.2) is 0 Å². The van der Waals surface area contributed by atoms with Crippen LogP contribution in [0, 0.1) is 17.7 Å². The lowest BCUT2D eigenvalue weighted by Crippen LogP contribution is -2.25. The second kappa shape index (κ2) is 9.35. The molecule has 0 fully saturated rings. The van der Waals surface area contributed by atoms with Crippen LogP contribution in [0.4, 0.5) is 4.39 Å². The molecular formula is C24H20FNO. The van der Waals surface area contributed by atoms with Crippen LogP contribution in [0.5, 0.6) is 0 Å². The molecule has 0 spiro atoms. The topological polar surface area (TPSA) is 29.1 Å². The van der Waals surface area contributed by atoms with E-state index in [0.29, 0.717) is 6.42 Å². The summed E-state index contributed by atoms with van der Waals surface area (Å²) in [6, 6.07) is 26.0. The Balaban J connectivity index is 1.62. The molecule has 1 amide bonds. The molecule has 134 valence electrons. The van der Waals surface area contributed by atoms with Crippen LogP contribution in [0.15, 0.2) is 84.9 Å². The van der Waals surface area contributed by atoms with Crippen LogP contribution in [0.1, 0.15) is 29.0 Å². The standard InChI is InChI=1S/C24H20FNO/c25-22-15-13-19(14-16-22)8-7-17-26-24(27)18-23(20-9-3-1-4-10-20)21-11-5-2-6-12-21/h1-6,9-16,23H,17-18H2,(H,26,27). The Bertz CT molecular complexity index is 885. The highest BCUT2D eigenvalue weighted by Crippen LogP contribution is 2.27. The van der Waals surface area contributed by atoms with E-state index in [2.05, 4.69) is 17.2 Å². The second-order valence-corrected chi connectivity index (χ2v) is 6.16. The summed E-state index contributed by atoms with van der Waals surface area (Å²) in [5.74, 6) is 5.47. The molecule has 27 heavy (non-hydrogen) atoms. The van der Waals surface area contributed by atoms with Crippen molar-refractivity contribution in [1.29, 1.82) is 0 Å². The minimum Gasteiger partial charge on any atom is -0.345 e. The van der Waals surface area contributed by atoms with E-state index < -0.39 is 0 Å². The van der Waals surface area contributed by atoms with Gasteiger partial charge in [-0.3, -0.25) is 4.79 Å². The van der Waals surface area contributed by atoms with E-state index in [0.717, 1.165) is 16.7 Å². The zero-order valence-corrected chi connectivity index (χ0v) is 14.9. The normalized spacial score (nSPS) is 10.1.